The minimum atomic E-state index is -4.67. The maximum atomic E-state index is 8.74. The summed E-state index contributed by atoms with van der Waals surface area (Å²) >= 11 is 0. The molecule has 0 spiro atoms. The average Bonchev–Trinajstić information content (AvgIpc) is 1.12. The van der Waals surface area contributed by atoms with Crippen molar-refractivity contribution in [2.75, 3.05) is 0 Å². The van der Waals surface area contributed by atoms with E-state index in [9.17, 15) is 0 Å². The fraction of sp³-hybridized carbons (Fsp3) is 0. The van der Waals surface area contributed by atoms with Gasteiger partial charge in [0.2, 0.25) is 0 Å². The van der Waals surface area contributed by atoms with Gasteiger partial charge >= 0.3 is 213 Å². The first-order valence-electron chi connectivity index (χ1n) is 1.40. The fourth-order valence-corrected chi connectivity index (χ4v) is 0. The molecule has 0 aromatic heterocycles. The molecule has 4 N–H and O–H groups in total. The Labute approximate surface area is 240 Å². The van der Waals surface area contributed by atoms with E-state index in [1.165, 1.54) is 0 Å². The van der Waals surface area contributed by atoms with E-state index in [0.717, 1.165) is 0 Å². The molecule has 0 aliphatic heterocycles. The summed E-state index contributed by atoms with van der Waals surface area (Å²) in [5, 5.41) is 0. The molecule has 0 bridgehead atoms. The van der Waals surface area contributed by atoms with E-state index in [2.05, 4.69) is 0 Å². The first-order valence-corrected chi connectivity index (χ1v) is 4.19. The minimum absolute atomic E-state index is 0. The third kappa shape index (κ3) is 147. The topological polar surface area (TPSA) is 149 Å². The summed E-state index contributed by atoms with van der Waals surface area (Å²) in [5.41, 5.74) is 0. The van der Waals surface area contributed by atoms with Crippen molar-refractivity contribution in [1.82, 2.24) is 0 Å². The second-order valence-corrected chi connectivity index (χ2v) is 2.69. The summed E-state index contributed by atoms with van der Waals surface area (Å²) in [5.74, 6) is 0. The molecule has 0 heterocycles. The zero-order valence-electron chi connectivity index (χ0n) is 4.24. The van der Waals surface area contributed by atoms with E-state index in [4.69, 9.17) is 35.0 Å². The Bertz CT molecular complexity index is 219. The number of rotatable bonds is 0. The fourth-order valence-electron chi connectivity index (χ4n) is 0. The van der Waals surface area contributed by atoms with Gasteiger partial charge in [-0.3, -0.25) is 18.2 Å². The molecule has 0 unspecified atom stereocenters. The van der Waals surface area contributed by atoms with Gasteiger partial charge in [-0.25, -0.2) is 0 Å². The normalized spacial score (nSPS) is 8.29. The summed E-state index contributed by atoms with van der Waals surface area (Å²) in [7, 11) is -9.33. The quantitative estimate of drug-likeness (QED) is 0.252. The molecular formula is H9CaK3O8S2. The molecule has 0 aromatic rings. The zero-order valence-corrected chi connectivity index (χ0v) is 5.87. The van der Waals surface area contributed by atoms with Crippen molar-refractivity contribution in [2.24, 2.45) is 0 Å². The van der Waals surface area contributed by atoms with E-state index in [1.54, 1.807) is 0 Å². The maximum absolute atomic E-state index is 8.74. The molecule has 0 atom stereocenters. The Morgan fingerprint density at radius 3 is 0.571 bits per heavy atom. The molecule has 0 aliphatic carbocycles. The molecular weight excluding hydrogens is 349 g/mol. The summed E-state index contributed by atoms with van der Waals surface area (Å²) in [4.78, 5) is 0. The van der Waals surface area contributed by atoms with Crippen molar-refractivity contribution in [3.63, 3.8) is 0 Å². The SMILES string of the molecule is O=S(=O)(O)O.O=S(=O)(O)O.[CaH2].[KH].[KH].[KH]. The van der Waals surface area contributed by atoms with Gasteiger partial charge < -0.3 is 0 Å². The molecule has 0 saturated carbocycles. The van der Waals surface area contributed by atoms with Crippen LogP contribution in [0.5, 0.6) is 0 Å². The van der Waals surface area contributed by atoms with Gasteiger partial charge in [0.1, 0.15) is 0 Å². The zero-order chi connectivity index (χ0) is 9.00. The van der Waals surface area contributed by atoms with E-state index < -0.39 is 20.8 Å². The van der Waals surface area contributed by atoms with Crippen molar-refractivity contribution >= 4 is 213 Å². The van der Waals surface area contributed by atoms with Crippen molar-refractivity contribution < 1.29 is 35.0 Å². The predicted octanol–water partition coefficient (Wildman–Crippen LogP) is -4.17. The number of hydrogen-bond acceptors (Lipinski definition) is 4. The summed E-state index contributed by atoms with van der Waals surface area (Å²) < 4.78 is 63.2. The molecule has 14 heteroatoms. The van der Waals surface area contributed by atoms with Gasteiger partial charge in [0.25, 0.3) is 0 Å². The Balaban J connectivity index is -0.0000000178. The van der Waals surface area contributed by atoms with Gasteiger partial charge in [-0.1, -0.05) is 0 Å². The van der Waals surface area contributed by atoms with Crippen LogP contribution in [0.4, 0.5) is 0 Å². The monoisotopic (exact) mass is 358 g/mol. The van der Waals surface area contributed by atoms with Crippen LogP contribution < -0.4 is 0 Å². The van der Waals surface area contributed by atoms with Gasteiger partial charge in [-0.15, -0.1) is 0 Å². The molecule has 0 aromatic carbocycles. The summed E-state index contributed by atoms with van der Waals surface area (Å²) in [6, 6.07) is 0. The first kappa shape index (κ1) is 36.8. The first-order chi connectivity index (χ1) is 4.00. The third-order valence-electron chi connectivity index (χ3n) is 0. The third-order valence-corrected chi connectivity index (χ3v) is 0. The Kier molecular flexibility index (Phi) is 49.7. The molecule has 0 saturated heterocycles. The predicted molar refractivity (Wildman–Crippen MR) is 58.3 cm³/mol. The van der Waals surface area contributed by atoms with Crippen LogP contribution in [0.3, 0.4) is 0 Å². The Hall–Kier alpha value is 5.91. The van der Waals surface area contributed by atoms with Crippen LogP contribution >= 0.6 is 0 Å². The van der Waals surface area contributed by atoms with E-state index in [0.29, 0.717) is 0 Å². The molecule has 14 heavy (non-hydrogen) atoms. The molecule has 74 valence electrons. The Morgan fingerprint density at radius 1 is 0.571 bits per heavy atom. The van der Waals surface area contributed by atoms with E-state index >= 15 is 0 Å². The van der Waals surface area contributed by atoms with Gasteiger partial charge in [0.05, 0.1) is 0 Å². The second kappa shape index (κ2) is 18.9. The van der Waals surface area contributed by atoms with Gasteiger partial charge in [-0.2, -0.15) is 16.8 Å². The van der Waals surface area contributed by atoms with E-state index in [1.807, 2.05) is 0 Å². The van der Waals surface area contributed by atoms with Crippen molar-refractivity contribution in [3.05, 3.63) is 0 Å². The van der Waals surface area contributed by atoms with Crippen LogP contribution in [0.2, 0.25) is 0 Å². The Morgan fingerprint density at radius 2 is 0.571 bits per heavy atom. The molecule has 8 nitrogen and oxygen atoms in total. The van der Waals surface area contributed by atoms with E-state index in [-0.39, 0.29) is 192 Å². The van der Waals surface area contributed by atoms with Crippen LogP contribution in [0.25, 0.3) is 0 Å². The van der Waals surface area contributed by atoms with Crippen LogP contribution in [0.15, 0.2) is 0 Å². The van der Waals surface area contributed by atoms with Gasteiger partial charge in [0.15, 0.2) is 0 Å². The molecule has 0 aliphatic rings. The van der Waals surface area contributed by atoms with Gasteiger partial charge in [0, 0.05) is 0 Å². The van der Waals surface area contributed by atoms with Crippen LogP contribution in [0, 0.1) is 0 Å². The standard InChI is InChI=1S/Ca.3K.2H2O4S.5H/c;;;;2*1-5(2,3)4;;;;;/h;;;;2*(H2,1,2,3,4);;;;;. The molecule has 0 rings (SSSR count). The summed E-state index contributed by atoms with van der Waals surface area (Å²) in [6.45, 7) is 0. The van der Waals surface area contributed by atoms with Crippen LogP contribution in [0.1, 0.15) is 0 Å². The second-order valence-electron chi connectivity index (χ2n) is 0.896. The molecule has 0 amide bonds. The average molecular weight is 359 g/mol. The van der Waals surface area contributed by atoms with Crippen LogP contribution in [-0.4, -0.2) is 227 Å². The van der Waals surface area contributed by atoms with Crippen molar-refractivity contribution in [1.29, 1.82) is 0 Å². The number of hydrogen-bond donors (Lipinski definition) is 4. The van der Waals surface area contributed by atoms with Gasteiger partial charge in [-0.05, 0) is 0 Å². The van der Waals surface area contributed by atoms with Crippen molar-refractivity contribution in [2.45, 2.75) is 0 Å². The molecule has 0 radical (unpaired) electrons. The van der Waals surface area contributed by atoms with Crippen LogP contribution in [-0.2, 0) is 20.8 Å². The van der Waals surface area contributed by atoms with Crippen molar-refractivity contribution in [3.8, 4) is 0 Å². The molecule has 0 fully saturated rings. The summed E-state index contributed by atoms with van der Waals surface area (Å²) in [6.07, 6.45) is 0.